The Hall–Kier alpha value is -1.90. The third kappa shape index (κ3) is 5.13. The molecule has 1 amide bonds. The molecule has 0 aliphatic carbocycles. The van der Waals surface area contributed by atoms with E-state index in [1.165, 1.54) is 15.6 Å². The molecule has 3 rings (SSSR count). The summed E-state index contributed by atoms with van der Waals surface area (Å²) in [6.07, 6.45) is 1.06. The Morgan fingerprint density at radius 3 is 2.42 bits per heavy atom. The number of ether oxygens (including phenoxy) is 1. The summed E-state index contributed by atoms with van der Waals surface area (Å²) in [5.74, 6) is 0.989. The Balaban J connectivity index is 1.64. The average molecular weight is 465 g/mol. The van der Waals surface area contributed by atoms with Gasteiger partial charge in [0.1, 0.15) is 9.96 Å². The summed E-state index contributed by atoms with van der Waals surface area (Å²) < 4.78 is 32.8. The third-order valence-corrected chi connectivity index (χ3v) is 9.25. The van der Waals surface area contributed by atoms with E-state index >= 15 is 0 Å². The quantitative estimate of drug-likeness (QED) is 0.656. The molecule has 0 spiro atoms. The van der Waals surface area contributed by atoms with Crippen LogP contribution in [0.3, 0.4) is 0 Å². The lowest BCUT2D eigenvalue weighted by Crippen LogP contribution is -2.43. The fourth-order valence-corrected chi connectivity index (χ4v) is 6.73. The Labute approximate surface area is 189 Å². The van der Waals surface area contributed by atoms with Gasteiger partial charge in [0, 0.05) is 19.0 Å². The summed E-state index contributed by atoms with van der Waals surface area (Å²) in [5.41, 5.74) is 3.28. The van der Waals surface area contributed by atoms with Crippen LogP contribution < -0.4 is 10.1 Å². The van der Waals surface area contributed by atoms with Crippen LogP contribution in [0.5, 0.6) is 5.75 Å². The Morgan fingerprint density at radius 1 is 1.19 bits per heavy atom. The predicted molar refractivity (Wildman–Crippen MR) is 124 cm³/mol. The lowest BCUT2D eigenvalue weighted by Gasteiger charge is -2.31. The number of hydrogen-bond donors (Lipinski definition) is 1. The van der Waals surface area contributed by atoms with Crippen LogP contribution in [0.2, 0.25) is 0 Å². The summed E-state index contributed by atoms with van der Waals surface area (Å²) in [7, 11) is -1.77. The van der Waals surface area contributed by atoms with E-state index in [-0.39, 0.29) is 17.9 Å². The molecule has 31 heavy (non-hydrogen) atoms. The average Bonchev–Trinajstić information content (AvgIpc) is 3.29. The number of rotatable bonds is 7. The second-order valence-electron chi connectivity index (χ2n) is 8.45. The topological polar surface area (TPSA) is 75.7 Å². The molecule has 1 aromatic carbocycles. The molecule has 0 radical (unpaired) electrons. The monoisotopic (exact) mass is 464 g/mol. The molecule has 1 atom stereocenters. The molecule has 1 saturated heterocycles. The number of methoxy groups -OCH3 is 1. The molecule has 2 aromatic rings. The summed E-state index contributed by atoms with van der Waals surface area (Å²) in [4.78, 5) is 12.9. The zero-order chi connectivity index (χ0) is 22.8. The van der Waals surface area contributed by atoms with Crippen LogP contribution in [0.25, 0.3) is 0 Å². The van der Waals surface area contributed by atoms with Gasteiger partial charge < -0.3 is 10.1 Å². The van der Waals surface area contributed by atoms with Gasteiger partial charge >= 0.3 is 0 Å². The highest BCUT2D eigenvalue weighted by atomic mass is 32.2. The van der Waals surface area contributed by atoms with Gasteiger partial charge in [-0.25, -0.2) is 8.42 Å². The number of nitrogens with zero attached hydrogens (tertiary/aromatic N) is 1. The molecule has 1 aliphatic heterocycles. The lowest BCUT2D eigenvalue weighted by atomic mass is 9.92. The lowest BCUT2D eigenvalue weighted by molar-refractivity contribution is -0.126. The minimum absolute atomic E-state index is 0.0120. The smallest absolute Gasteiger partial charge is 0.252 e. The summed E-state index contributed by atoms with van der Waals surface area (Å²) in [6, 6.07) is 7.39. The van der Waals surface area contributed by atoms with E-state index in [1.807, 2.05) is 19.9 Å². The van der Waals surface area contributed by atoms with Crippen LogP contribution in [0, 0.1) is 12.8 Å². The highest BCUT2D eigenvalue weighted by molar-refractivity contribution is 7.91. The van der Waals surface area contributed by atoms with E-state index in [9.17, 15) is 13.2 Å². The van der Waals surface area contributed by atoms with Crippen molar-refractivity contribution in [3.63, 3.8) is 0 Å². The van der Waals surface area contributed by atoms with Crippen molar-refractivity contribution < 1.29 is 17.9 Å². The molecule has 6 nitrogen and oxygen atoms in total. The van der Waals surface area contributed by atoms with Crippen molar-refractivity contribution in [1.82, 2.24) is 9.62 Å². The van der Waals surface area contributed by atoms with Crippen molar-refractivity contribution in [1.29, 1.82) is 0 Å². The van der Waals surface area contributed by atoms with Crippen molar-refractivity contribution in [2.75, 3.05) is 20.2 Å². The van der Waals surface area contributed by atoms with Crippen LogP contribution in [-0.4, -0.2) is 38.8 Å². The summed E-state index contributed by atoms with van der Waals surface area (Å²) in [5, 5.41) is 4.91. The molecule has 1 aliphatic rings. The number of sulfonamides is 1. The molecule has 8 heteroatoms. The number of carbonyl (C=O) groups is 1. The first-order valence-corrected chi connectivity index (χ1v) is 13.0. The minimum atomic E-state index is -3.45. The van der Waals surface area contributed by atoms with Gasteiger partial charge in [0.25, 0.3) is 10.0 Å². The first-order valence-electron chi connectivity index (χ1n) is 10.7. The number of hydrogen-bond acceptors (Lipinski definition) is 5. The van der Waals surface area contributed by atoms with E-state index in [0.29, 0.717) is 36.1 Å². The zero-order valence-electron chi connectivity index (χ0n) is 18.8. The molecule has 170 valence electrons. The number of amides is 1. The Morgan fingerprint density at radius 2 is 1.87 bits per heavy atom. The normalized spacial score (nSPS) is 17.0. The standard InChI is InChI=1S/C23H32N2O4S2/c1-15(2)19-14-20(16(3)13-21(19)29-5)17(4)24-23(26)18-8-10-25(11-9-18)31(27,28)22-7-6-12-30-22/h6-7,12-15,17-18H,8-11H2,1-5H3,(H,24,26)/t17-/m0/s1. The second-order valence-corrected chi connectivity index (χ2v) is 11.6. The maximum Gasteiger partial charge on any atom is 0.252 e. The van der Waals surface area contributed by atoms with Crippen molar-refractivity contribution in [2.45, 2.75) is 56.7 Å². The zero-order valence-corrected chi connectivity index (χ0v) is 20.5. The predicted octanol–water partition coefficient (Wildman–Crippen LogP) is 4.47. The first kappa shape index (κ1) is 23.8. The van der Waals surface area contributed by atoms with E-state index in [4.69, 9.17) is 4.74 Å². The second kappa shape index (κ2) is 9.71. The van der Waals surface area contributed by atoms with Gasteiger partial charge in [0.2, 0.25) is 5.91 Å². The SMILES string of the molecule is COc1cc(C)c([C@H](C)NC(=O)C2CCN(S(=O)(=O)c3cccs3)CC2)cc1C(C)C. The Kier molecular flexibility index (Phi) is 7.44. The fourth-order valence-electron chi connectivity index (χ4n) is 4.12. The van der Waals surface area contributed by atoms with Crippen LogP contribution >= 0.6 is 11.3 Å². The first-order chi connectivity index (χ1) is 14.6. The van der Waals surface area contributed by atoms with Crippen LogP contribution in [0.15, 0.2) is 33.9 Å². The van der Waals surface area contributed by atoms with Gasteiger partial charge in [-0.1, -0.05) is 19.9 Å². The van der Waals surface area contributed by atoms with Crippen molar-refractivity contribution in [3.8, 4) is 5.75 Å². The molecule has 1 aromatic heterocycles. The summed E-state index contributed by atoms with van der Waals surface area (Å²) >= 11 is 1.23. The van der Waals surface area contributed by atoms with E-state index < -0.39 is 10.0 Å². The van der Waals surface area contributed by atoms with Crippen LogP contribution in [0.4, 0.5) is 0 Å². The van der Waals surface area contributed by atoms with Gasteiger partial charge in [-0.15, -0.1) is 11.3 Å². The number of nitrogens with one attached hydrogen (secondary N) is 1. The van der Waals surface area contributed by atoms with E-state index in [1.54, 1.807) is 24.6 Å². The van der Waals surface area contributed by atoms with E-state index in [0.717, 1.165) is 22.4 Å². The van der Waals surface area contributed by atoms with Crippen LogP contribution in [-0.2, 0) is 14.8 Å². The Bertz CT molecular complexity index is 1010. The molecule has 0 unspecified atom stereocenters. The molecule has 1 fully saturated rings. The number of benzene rings is 1. The largest absolute Gasteiger partial charge is 0.496 e. The molecular formula is C23H32N2O4S2. The molecular weight excluding hydrogens is 432 g/mol. The van der Waals surface area contributed by atoms with Crippen molar-refractivity contribution in [2.24, 2.45) is 5.92 Å². The maximum atomic E-state index is 12.9. The van der Waals surface area contributed by atoms with Gasteiger partial charge in [-0.2, -0.15) is 4.31 Å². The highest BCUT2D eigenvalue weighted by Gasteiger charge is 2.33. The minimum Gasteiger partial charge on any atom is -0.496 e. The number of aryl methyl sites for hydroxylation is 1. The van der Waals surface area contributed by atoms with Crippen molar-refractivity contribution in [3.05, 3.63) is 46.3 Å². The van der Waals surface area contributed by atoms with Gasteiger partial charge in [0.15, 0.2) is 0 Å². The molecule has 0 saturated carbocycles. The van der Waals surface area contributed by atoms with Gasteiger partial charge in [0.05, 0.1) is 13.2 Å². The number of thiophene rings is 1. The number of carbonyl (C=O) groups excluding carboxylic acids is 1. The number of piperidine rings is 1. The molecule has 1 N–H and O–H groups in total. The summed E-state index contributed by atoms with van der Waals surface area (Å²) in [6.45, 7) is 9.00. The van der Waals surface area contributed by atoms with Crippen LogP contribution in [0.1, 0.15) is 62.3 Å². The molecule has 2 heterocycles. The maximum absolute atomic E-state index is 12.9. The van der Waals surface area contributed by atoms with E-state index in [2.05, 4.69) is 25.2 Å². The van der Waals surface area contributed by atoms with Crippen molar-refractivity contribution >= 4 is 27.3 Å². The fraction of sp³-hybridized carbons (Fsp3) is 0.522. The third-order valence-electron chi connectivity index (χ3n) is 5.98. The molecule has 0 bridgehead atoms. The highest BCUT2D eigenvalue weighted by Crippen LogP contribution is 2.32. The van der Waals surface area contributed by atoms with Gasteiger partial charge in [-0.3, -0.25) is 4.79 Å². The van der Waals surface area contributed by atoms with Gasteiger partial charge in [-0.05, 0) is 72.9 Å².